The Morgan fingerprint density at radius 3 is 2.14 bits per heavy atom. The van der Waals surface area contributed by atoms with Crippen LogP contribution in [-0.4, -0.2) is 20.0 Å². The molecule has 0 atom stereocenters. The number of hydrogen-bond donors (Lipinski definition) is 1. The molecule has 104 valence electrons. The van der Waals surface area contributed by atoms with Gasteiger partial charge in [0.05, 0.1) is 15.4 Å². The van der Waals surface area contributed by atoms with E-state index in [-0.39, 0.29) is 11.4 Å². The van der Waals surface area contributed by atoms with Crippen LogP contribution in [0.1, 0.15) is 0 Å². The molecule has 0 amide bonds. The molecule has 1 heterocycles. The van der Waals surface area contributed by atoms with E-state index in [0.29, 0.717) is 22.2 Å². The average Bonchev–Trinajstić information content (AvgIpc) is 2.90. The van der Waals surface area contributed by atoms with E-state index in [2.05, 4.69) is 10.2 Å². The summed E-state index contributed by atoms with van der Waals surface area (Å²) in [6, 6.07) is 10.3. The molecule has 0 aliphatic carbocycles. The van der Waals surface area contributed by atoms with Crippen LogP contribution in [0.5, 0.6) is 0 Å². The second kappa shape index (κ2) is 4.67. The lowest BCUT2D eigenvalue weighted by atomic mass is 10.1. The van der Waals surface area contributed by atoms with Gasteiger partial charge in [-0.25, -0.2) is 0 Å². The second-order valence-electron chi connectivity index (χ2n) is 4.36. The maximum absolute atomic E-state index is 10.8. The zero-order valence-corrected chi connectivity index (χ0v) is 10.5. The van der Waals surface area contributed by atoms with Crippen LogP contribution in [-0.2, 0) is 0 Å². The number of hydrogen-bond acceptors (Lipinski definition) is 5. The Morgan fingerprint density at radius 2 is 1.52 bits per heavy atom. The van der Waals surface area contributed by atoms with Crippen molar-refractivity contribution < 1.29 is 9.85 Å². The van der Waals surface area contributed by atoms with Gasteiger partial charge in [-0.15, -0.1) is 0 Å². The molecule has 0 fully saturated rings. The molecule has 0 saturated heterocycles. The Kier molecular flexibility index (Phi) is 2.83. The molecule has 0 radical (unpaired) electrons. The number of benzene rings is 2. The molecule has 8 nitrogen and oxygen atoms in total. The topological polar surface area (TPSA) is 115 Å². The van der Waals surface area contributed by atoms with Crippen molar-refractivity contribution in [1.29, 1.82) is 0 Å². The number of aromatic nitrogens is 2. The highest BCUT2D eigenvalue weighted by molar-refractivity contribution is 5.94. The van der Waals surface area contributed by atoms with E-state index >= 15 is 0 Å². The highest BCUT2D eigenvalue weighted by Crippen LogP contribution is 2.30. The van der Waals surface area contributed by atoms with E-state index in [0.717, 1.165) is 0 Å². The lowest BCUT2D eigenvalue weighted by molar-refractivity contribution is -0.385. The molecule has 0 saturated carbocycles. The fourth-order valence-electron chi connectivity index (χ4n) is 2.08. The minimum Gasteiger partial charge on any atom is -0.277 e. The lowest BCUT2D eigenvalue weighted by Gasteiger charge is -1.98. The van der Waals surface area contributed by atoms with Crippen molar-refractivity contribution in [3.63, 3.8) is 0 Å². The van der Waals surface area contributed by atoms with Gasteiger partial charge in [0.2, 0.25) is 0 Å². The van der Waals surface area contributed by atoms with Crippen LogP contribution in [0.3, 0.4) is 0 Å². The van der Waals surface area contributed by atoms with E-state index in [9.17, 15) is 20.2 Å². The van der Waals surface area contributed by atoms with E-state index in [1.54, 1.807) is 18.2 Å². The smallest absolute Gasteiger partial charge is 0.270 e. The normalized spacial score (nSPS) is 10.7. The van der Waals surface area contributed by atoms with Crippen molar-refractivity contribution in [2.24, 2.45) is 0 Å². The van der Waals surface area contributed by atoms with Gasteiger partial charge in [-0.2, -0.15) is 5.10 Å². The molecular weight excluding hydrogens is 276 g/mol. The molecule has 3 rings (SSSR count). The van der Waals surface area contributed by atoms with Crippen molar-refractivity contribution in [3.05, 3.63) is 62.7 Å². The van der Waals surface area contributed by atoms with Crippen LogP contribution in [0.2, 0.25) is 0 Å². The maximum atomic E-state index is 10.8. The Hall–Kier alpha value is -3.29. The van der Waals surface area contributed by atoms with Crippen molar-refractivity contribution in [2.75, 3.05) is 0 Å². The van der Waals surface area contributed by atoms with Gasteiger partial charge in [0.25, 0.3) is 11.4 Å². The number of nitrogens with one attached hydrogen (secondary N) is 1. The fourth-order valence-corrected chi connectivity index (χ4v) is 2.08. The number of nitro benzene ring substituents is 2. The van der Waals surface area contributed by atoms with Gasteiger partial charge < -0.3 is 0 Å². The molecule has 0 aliphatic rings. The summed E-state index contributed by atoms with van der Waals surface area (Å²) in [5.41, 5.74) is 1.77. The first-order valence-electron chi connectivity index (χ1n) is 5.93. The number of aromatic amines is 1. The summed E-state index contributed by atoms with van der Waals surface area (Å²) < 4.78 is 0. The van der Waals surface area contributed by atoms with Crippen LogP contribution in [0.25, 0.3) is 22.2 Å². The summed E-state index contributed by atoms with van der Waals surface area (Å²) in [6.45, 7) is 0. The van der Waals surface area contributed by atoms with Crippen LogP contribution < -0.4 is 0 Å². The summed E-state index contributed by atoms with van der Waals surface area (Å²) in [5.74, 6) is 0. The molecule has 3 aromatic rings. The molecule has 2 aromatic carbocycles. The molecule has 0 aliphatic heterocycles. The van der Waals surface area contributed by atoms with E-state index in [4.69, 9.17) is 0 Å². The Morgan fingerprint density at radius 1 is 0.905 bits per heavy atom. The largest absolute Gasteiger partial charge is 0.277 e. The summed E-state index contributed by atoms with van der Waals surface area (Å²) >= 11 is 0. The first-order chi connectivity index (χ1) is 10.1. The van der Waals surface area contributed by atoms with Gasteiger partial charge in [0, 0.05) is 35.2 Å². The fraction of sp³-hybridized carbons (Fsp3) is 0. The quantitative estimate of drug-likeness (QED) is 0.586. The summed E-state index contributed by atoms with van der Waals surface area (Å²) in [5, 5.41) is 29.0. The zero-order valence-electron chi connectivity index (χ0n) is 10.5. The molecular formula is C13H8N4O4. The molecule has 8 heteroatoms. The number of rotatable bonds is 3. The SMILES string of the molecule is O=[N+]([O-])c1ccc(-c2n[nH]c3ccc([N+](=O)[O-])cc23)cc1. The van der Waals surface area contributed by atoms with E-state index in [1.165, 1.54) is 24.3 Å². The van der Waals surface area contributed by atoms with Gasteiger partial charge in [-0.1, -0.05) is 0 Å². The van der Waals surface area contributed by atoms with Gasteiger partial charge in [0.1, 0.15) is 5.69 Å². The number of H-pyrrole nitrogens is 1. The van der Waals surface area contributed by atoms with Crippen molar-refractivity contribution >= 4 is 22.3 Å². The minimum atomic E-state index is -0.489. The van der Waals surface area contributed by atoms with Crippen molar-refractivity contribution in [1.82, 2.24) is 10.2 Å². The van der Waals surface area contributed by atoms with Crippen molar-refractivity contribution in [3.8, 4) is 11.3 Å². The van der Waals surface area contributed by atoms with Gasteiger partial charge in [-0.05, 0) is 18.2 Å². The monoisotopic (exact) mass is 284 g/mol. The minimum absolute atomic E-state index is 0.0235. The van der Waals surface area contributed by atoms with Crippen LogP contribution in [0.15, 0.2) is 42.5 Å². The third-order valence-corrected chi connectivity index (χ3v) is 3.11. The van der Waals surface area contributed by atoms with Crippen LogP contribution >= 0.6 is 0 Å². The average molecular weight is 284 g/mol. The van der Waals surface area contributed by atoms with Gasteiger partial charge in [0.15, 0.2) is 0 Å². The number of nitro groups is 2. The standard InChI is InChI=1S/C13H8N4O4/c18-16(19)9-3-1-8(2-4-9)13-11-7-10(17(20)21)5-6-12(11)14-15-13/h1-7H,(H,14,15). The predicted octanol–water partition coefficient (Wildman–Crippen LogP) is 3.05. The highest BCUT2D eigenvalue weighted by Gasteiger charge is 2.14. The Bertz CT molecular complexity index is 854. The first-order valence-corrected chi connectivity index (χ1v) is 5.93. The van der Waals surface area contributed by atoms with Crippen molar-refractivity contribution in [2.45, 2.75) is 0 Å². The summed E-state index contributed by atoms with van der Waals surface area (Å²) in [4.78, 5) is 20.5. The summed E-state index contributed by atoms with van der Waals surface area (Å²) in [6.07, 6.45) is 0. The predicted molar refractivity (Wildman–Crippen MR) is 74.8 cm³/mol. The molecule has 0 unspecified atom stereocenters. The van der Waals surface area contributed by atoms with Gasteiger partial charge in [-0.3, -0.25) is 25.3 Å². The molecule has 1 N–H and O–H groups in total. The third kappa shape index (κ3) is 2.18. The van der Waals surface area contributed by atoms with Crippen LogP contribution in [0.4, 0.5) is 11.4 Å². The van der Waals surface area contributed by atoms with Gasteiger partial charge >= 0.3 is 0 Å². The zero-order chi connectivity index (χ0) is 15.0. The summed E-state index contributed by atoms with van der Waals surface area (Å²) in [7, 11) is 0. The molecule has 1 aromatic heterocycles. The molecule has 0 spiro atoms. The van der Waals surface area contributed by atoms with E-state index in [1.807, 2.05) is 0 Å². The van der Waals surface area contributed by atoms with Crippen LogP contribution in [0, 0.1) is 20.2 Å². The number of nitrogens with zero attached hydrogens (tertiary/aromatic N) is 3. The third-order valence-electron chi connectivity index (χ3n) is 3.11. The Balaban J connectivity index is 2.13. The Labute approximate surface area is 117 Å². The number of non-ortho nitro benzene ring substituents is 2. The maximum Gasteiger partial charge on any atom is 0.270 e. The highest BCUT2D eigenvalue weighted by atomic mass is 16.6. The molecule has 21 heavy (non-hydrogen) atoms. The first kappa shape index (κ1) is 12.7. The number of fused-ring (bicyclic) bond motifs is 1. The lowest BCUT2D eigenvalue weighted by Crippen LogP contribution is -1.88. The van der Waals surface area contributed by atoms with E-state index < -0.39 is 9.85 Å². The molecule has 0 bridgehead atoms. The second-order valence-corrected chi connectivity index (χ2v) is 4.36.